The van der Waals surface area contributed by atoms with E-state index in [4.69, 9.17) is 4.42 Å². The van der Waals surface area contributed by atoms with Gasteiger partial charge in [0.2, 0.25) is 5.89 Å². The molecule has 0 saturated carbocycles. The normalized spacial score (nSPS) is 13.8. The summed E-state index contributed by atoms with van der Waals surface area (Å²) >= 11 is 0. The van der Waals surface area contributed by atoms with Crippen molar-refractivity contribution < 1.29 is 13.6 Å². The Morgan fingerprint density at radius 2 is 1.83 bits per heavy atom. The van der Waals surface area contributed by atoms with Crippen LogP contribution in [0.5, 0.6) is 0 Å². The Bertz CT molecular complexity index is 981. The molecule has 1 aliphatic rings. The molecule has 156 valence electrons. The van der Waals surface area contributed by atoms with Crippen LogP contribution in [0.25, 0.3) is 11.5 Å². The summed E-state index contributed by atoms with van der Waals surface area (Å²) in [6.07, 6.45) is 5.71. The molecule has 4 rings (SSSR count). The maximum absolute atomic E-state index is 13.0. The molecular weight excluding hydrogens is 383 g/mol. The number of anilines is 2. The number of hydrogen-bond donors (Lipinski definition) is 2. The molecule has 30 heavy (non-hydrogen) atoms. The molecule has 0 radical (unpaired) electrons. The van der Waals surface area contributed by atoms with E-state index in [1.807, 2.05) is 24.3 Å². The molecule has 6 nitrogen and oxygen atoms in total. The average molecular weight is 408 g/mol. The van der Waals surface area contributed by atoms with Crippen LogP contribution < -0.4 is 15.5 Å². The number of hydrogen-bond acceptors (Lipinski definition) is 4. The molecule has 3 aromatic rings. The van der Waals surface area contributed by atoms with Crippen molar-refractivity contribution in [2.45, 2.75) is 25.7 Å². The minimum absolute atomic E-state index is 0.248. The van der Waals surface area contributed by atoms with Crippen LogP contribution in [0.4, 0.5) is 20.6 Å². The number of nitrogens with zero attached hydrogens (tertiary/aromatic N) is 2. The van der Waals surface area contributed by atoms with E-state index >= 15 is 0 Å². The van der Waals surface area contributed by atoms with Crippen LogP contribution in [-0.2, 0) is 6.42 Å². The Morgan fingerprint density at radius 1 is 1.07 bits per heavy atom. The van der Waals surface area contributed by atoms with Crippen molar-refractivity contribution in [1.82, 2.24) is 10.3 Å². The van der Waals surface area contributed by atoms with Gasteiger partial charge in [0.15, 0.2) is 0 Å². The van der Waals surface area contributed by atoms with Gasteiger partial charge in [0.25, 0.3) is 0 Å². The Labute approximate surface area is 175 Å². The Balaban J connectivity index is 1.29. The summed E-state index contributed by atoms with van der Waals surface area (Å²) in [6, 6.07) is 13.6. The van der Waals surface area contributed by atoms with E-state index in [0.717, 1.165) is 30.2 Å². The summed E-state index contributed by atoms with van der Waals surface area (Å²) in [6.45, 7) is 2.46. The van der Waals surface area contributed by atoms with E-state index in [1.54, 1.807) is 18.4 Å². The van der Waals surface area contributed by atoms with Crippen molar-refractivity contribution in [2.24, 2.45) is 0 Å². The van der Waals surface area contributed by atoms with E-state index in [1.165, 1.54) is 31.4 Å². The highest BCUT2D eigenvalue weighted by atomic mass is 19.1. The molecule has 1 aliphatic heterocycles. The highest BCUT2D eigenvalue weighted by Crippen LogP contribution is 2.28. The van der Waals surface area contributed by atoms with Crippen LogP contribution in [0, 0.1) is 5.82 Å². The van der Waals surface area contributed by atoms with Gasteiger partial charge in [-0.25, -0.2) is 14.2 Å². The zero-order valence-corrected chi connectivity index (χ0v) is 16.7. The standard InChI is InChI=1S/C23H25FN4O2/c24-18-10-8-17(9-11-18)22-26-19(16-30-22)12-13-25-23(29)27-20-6-2-3-7-21(20)28-14-4-1-5-15-28/h2-3,6-11,16H,1,4-5,12-15H2,(H2,25,27,29). The third-order valence-corrected chi connectivity index (χ3v) is 5.16. The number of piperidine rings is 1. The summed E-state index contributed by atoms with van der Waals surface area (Å²) in [7, 11) is 0. The molecular formula is C23H25FN4O2. The first-order valence-electron chi connectivity index (χ1n) is 10.3. The number of benzene rings is 2. The number of para-hydroxylation sites is 2. The number of rotatable bonds is 6. The zero-order chi connectivity index (χ0) is 20.8. The number of aromatic nitrogens is 1. The summed E-state index contributed by atoms with van der Waals surface area (Å²) in [4.78, 5) is 19.1. The highest BCUT2D eigenvalue weighted by Gasteiger charge is 2.15. The lowest BCUT2D eigenvalue weighted by Crippen LogP contribution is -2.33. The first-order chi connectivity index (χ1) is 14.7. The van der Waals surface area contributed by atoms with Crippen LogP contribution in [0.2, 0.25) is 0 Å². The van der Waals surface area contributed by atoms with Gasteiger partial charge in [0, 0.05) is 31.6 Å². The van der Waals surface area contributed by atoms with E-state index < -0.39 is 0 Å². The van der Waals surface area contributed by atoms with Gasteiger partial charge < -0.3 is 20.0 Å². The molecule has 1 aromatic heterocycles. The number of oxazole rings is 1. The quantitative estimate of drug-likeness (QED) is 0.613. The molecule has 0 unspecified atom stereocenters. The fourth-order valence-corrected chi connectivity index (χ4v) is 3.61. The monoisotopic (exact) mass is 408 g/mol. The predicted octanol–water partition coefficient (Wildman–Crippen LogP) is 4.84. The van der Waals surface area contributed by atoms with Gasteiger partial charge in [-0.05, 0) is 55.7 Å². The highest BCUT2D eigenvalue weighted by molar-refractivity contribution is 5.93. The number of nitrogens with one attached hydrogen (secondary N) is 2. The SMILES string of the molecule is O=C(NCCc1coc(-c2ccc(F)cc2)n1)Nc1ccccc1N1CCCCC1. The van der Waals surface area contributed by atoms with E-state index in [9.17, 15) is 9.18 Å². The van der Waals surface area contributed by atoms with Crippen molar-refractivity contribution in [1.29, 1.82) is 0 Å². The lowest BCUT2D eigenvalue weighted by atomic mass is 10.1. The number of amides is 2. The minimum Gasteiger partial charge on any atom is -0.444 e. The van der Waals surface area contributed by atoms with E-state index in [2.05, 4.69) is 20.5 Å². The van der Waals surface area contributed by atoms with Crippen molar-refractivity contribution in [3.63, 3.8) is 0 Å². The predicted molar refractivity (Wildman–Crippen MR) is 115 cm³/mol. The molecule has 0 spiro atoms. The lowest BCUT2D eigenvalue weighted by Gasteiger charge is -2.30. The molecule has 2 heterocycles. The van der Waals surface area contributed by atoms with Crippen LogP contribution in [0.1, 0.15) is 25.0 Å². The van der Waals surface area contributed by atoms with Crippen LogP contribution >= 0.6 is 0 Å². The summed E-state index contributed by atoms with van der Waals surface area (Å²) in [5.41, 5.74) is 3.32. The fourth-order valence-electron chi connectivity index (χ4n) is 3.61. The maximum Gasteiger partial charge on any atom is 0.319 e. The van der Waals surface area contributed by atoms with Crippen molar-refractivity contribution >= 4 is 17.4 Å². The summed E-state index contributed by atoms with van der Waals surface area (Å²) < 4.78 is 18.5. The Kier molecular flexibility index (Phi) is 6.27. The van der Waals surface area contributed by atoms with Gasteiger partial charge in [0.05, 0.1) is 17.1 Å². The first-order valence-corrected chi connectivity index (χ1v) is 10.3. The Hall–Kier alpha value is -3.35. The third kappa shape index (κ3) is 4.97. The van der Waals surface area contributed by atoms with Crippen molar-refractivity contribution in [3.8, 4) is 11.5 Å². The largest absolute Gasteiger partial charge is 0.444 e. The number of carbonyl (C=O) groups is 1. The molecule has 2 amide bonds. The van der Waals surface area contributed by atoms with Crippen molar-refractivity contribution in [3.05, 3.63) is 66.3 Å². The molecule has 0 aliphatic carbocycles. The van der Waals surface area contributed by atoms with E-state index in [-0.39, 0.29) is 11.8 Å². The lowest BCUT2D eigenvalue weighted by molar-refractivity contribution is 0.252. The Morgan fingerprint density at radius 3 is 2.63 bits per heavy atom. The molecule has 7 heteroatoms. The smallest absolute Gasteiger partial charge is 0.319 e. The summed E-state index contributed by atoms with van der Waals surface area (Å²) in [5.74, 6) is 0.132. The maximum atomic E-state index is 13.0. The molecule has 0 bridgehead atoms. The van der Waals surface area contributed by atoms with Gasteiger partial charge in [-0.3, -0.25) is 0 Å². The van der Waals surface area contributed by atoms with Crippen LogP contribution in [-0.4, -0.2) is 30.6 Å². The number of urea groups is 1. The number of halogens is 1. The first kappa shape index (κ1) is 19.9. The topological polar surface area (TPSA) is 70.4 Å². The summed E-state index contributed by atoms with van der Waals surface area (Å²) in [5, 5.41) is 5.83. The van der Waals surface area contributed by atoms with Crippen LogP contribution in [0.3, 0.4) is 0 Å². The molecule has 0 atom stereocenters. The zero-order valence-electron chi connectivity index (χ0n) is 16.7. The van der Waals surface area contributed by atoms with Gasteiger partial charge in [0.1, 0.15) is 12.1 Å². The third-order valence-electron chi connectivity index (χ3n) is 5.16. The van der Waals surface area contributed by atoms with Gasteiger partial charge in [-0.1, -0.05) is 12.1 Å². The molecule has 1 saturated heterocycles. The second kappa shape index (κ2) is 9.43. The van der Waals surface area contributed by atoms with Crippen molar-refractivity contribution in [2.75, 3.05) is 29.9 Å². The van der Waals surface area contributed by atoms with E-state index in [0.29, 0.717) is 24.4 Å². The number of carbonyl (C=O) groups excluding carboxylic acids is 1. The molecule has 2 N–H and O–H groups in total. The van der Waals surface area contributed by atoms with Gasteiger partial charge >= 0.3 is 6.03 Å². The minimum atomic E-state index is -0.303. The van der Waals surface area contributed by atoms with Gasteiger partial charge in [-0.15, -0.1) is 0 Å². The second-order valence-corrected chi connectivity index (χ2v) is 7.35. The fraction of sp³-hybridized carbons (Fsp3) is 0.304. The van der Waals surface area contributed by atoms with Gasteiger partial charge in [-0.2, -0.15) is 0 Å². The molecule has 2 aromatic carbocycles. The average Bonchev–Trinajstić information content (AvgIpc) is 3.24. The molecule has 1 fully saturated rings. The van der Waals surface area contributed by atoms with Crippen LogP contribution in [0.15, 0.2) is 59.2 Å². The second-order valence-electron chi connectivity index (χ2n) is 7.35.